The third kappa shape index (κ3) is 6.03. The van der Waals surface area contributed by atoms with Gasteiger partial charge in [-0.1, -0.05) is 0 Å². The van der Waals surface area contributed by atoms with E-state index < -0.39 is 38.4 Å². The van der Waals surface area contributed by atoms with Crippen molar-refractivity contribution < 1.29 is 44.2 Å². The molecular formula is C24H22F6N4O4S. The molecule has 0 radical (unpaired) electrons. The lowest BCUT2D eigenvalue weighted by molar-refractivity contribution is -0.143. The summed E-state index contributed by atoms with van der Waals surface area (Å²) in [6.45, 7) is -0.179. The number of methoxy groups -OCH3 is 2. The summed E-state index contributed by atoms with van der Waals surface area (Å²) < 4.78 is 117. The van der Waals surface area contributed by atoms with Crippen LogP contribution in [-0.2, 0) is 22.4 Å². The van der Waals surface area contributed by atoms with Crippen LogP contribution >= 0.6 is 0 Å². The molecule has 1 aliphatic rings. The number of piperazine rings is 1. The van der Waals surface area contributed by atoms with E-state index in [-0.39, 0.29) is 44.4 Å². The van der Waals surface area contributed by atoms with Crippen molar-refractivity contribution in [2.75, 3.05) is 45.3 Å². The second-order valence-corrected chi connectivity index (χ2v) is 10.4. The SMILES string of the molecule is COc1ccc(-c2ccc(N3CCN(S(=O)(=O)c4cc(C(F)(F)F)cc(C(F)(F)F)c4)CC3)nn2)cc1OC. The van der Waals surface area contributed by atoms with Gasteiger partial charge in [0.2, 0.25) is 10.0 Å². The first-order valence-corrected chi connectivity index (χ1v) is 12.8. The molecule has 1 saturated heterocycles. The van der Waals surface area contributed by atoms with Crippen molar-refractivity contribution in [1.82, 2.24) is 14.5 Å². The molecular weight excluding hydrogens is 554 g/mol. The standard InChI is InChI=1S/C24H22F6N4O4S/c1-37-20-5-3-15(11-21(20)38-2)19-4-6-22(32-31-19)33-7-9-34(10-8-33)39(35,36)18-13-16(23(25,26)27)12-17(14-18)24(28,29)30/h3-6,11-14H,7-10H2,1-2H3. The zero-order chi connectivity index (χ0) is 28.6. The fourth-order valence-corrected chi connectivity index (χ4v) is 5.52. The Kier molecular flexibility index (Phi) is 7.67. The van der Waals surface area contributed by atoms with E-state index in [0.717, 1.165) is 4.31 Å². The van der Waals surface area contributed by atoms with E-state index in [1.807, 2.05) is 0 Å². The number of nitrogens with zero attached hydrogens (tertiary/aromatic N) is 4. The van der Waals surface area contributed by atoms with Gasteiger partial charge in [-0.05, 0) is 48.5 Å². The lowest BCUT2D eigenvalue weighted by atomic mass is 10.1. The number of rotatable bonds is 6. The summed E-state index contributed by atoms with van der Waals surface area (Å²) in [4.78, 5) is 0.641. The Labute approximate surface area is 219 Å². The topological polar surface area (TPSA) is 84.9 Å². The van der Waals surface area contributed by atoms with Gasteiger partial charge in [-0.25, -0.2) is 8.42 Å². The van der Waals surface area contributed by atoms with Crippen LogP contribution < -0.4 is 14.4 Å². The third-order valence-electron chi connectivity index (χ3n) is 6.09. The van der Waals surface area contributed by atoms with Crippen molar-refractivity contribution in [2.45, 2.75) is 17.2 Å². The molecule has 8 nitrogen and oxygen atoms in total. The molecule has 39 heavy (non-hydrogen) atoms. The van der Waals surface area contributed by atoms with Crippen molar-refractivity contribution in [3.8, 4) is 22.8 Å². The summed E-state index contributed by atoms with van der Waals surface area (Å²) in [5.41, 5.74) is -2.15. The fourth-order valence-electron chi connectivity index (χ4n) is 4.03. The van der Waals surface area contributed by atoms with Crippen molar-refractivity contribution in [1.29, 1.82) is 0 Å². The van der Waals surface area contributed by atoms with Crippen molar-refractivity contribution in [2.24, 2.45) is 0 Å². The first kappa shape index (κ1) is 28.4. The molecule has 1 aromatic heterocycles. The smallest absolute Gasteiger partial charge is 0.416 e. The largest absolute Gasteiger partial charge is 0.493 e. The Morgan fingerprint density at radius 2 is 1.33 bits per heavy atom. The van der Waals surface area contributed by atoms with Crippen LogP contribution in [0.25, 0.3) is 11.3 Å². The van der Waals surface area contributed by atoms with Crippen molar-refractivity contribution in [3.63, 3.8) is 0 Å². The van der Waals surface area contributed by atoms with Crippen LogP contribution in [0.15, 0.2) is 53.4 Å². The molecule has 2 heterocycles. The van der Waals surface area contributed by atoms with E-state index >= 15 is 0 Å². The molecule has 3 aromatic rings. The zero-order valence-electron chi connectivity index (χ0n) is 20.5. The first-order valence-electron chi connectivity index (χ1n) is 11.3. The normalized spacial score (nSPS) is 15.3. The second-order valence-electron chi connectivity index (χ2n) is 8.48. The van der Waals surface area contributed by atoms with Crippen LogP contribution in [-0.4, -0.2) is 63.3 Å². The molecule has 0 N–H and O–H groups in total. The Bertz CT molecular complexity index is 1410. The quantitative estimate of drug-likeness (QED) is 0.393. The van der Waals surface area contributed by atoms with E-state index in [9.17, 15) is 34.8 Å². The number of halogens is 6. The number of aromatic nitrogens is 2. The molecule has 0 aliphatic carbocycles. The van der Waals surface area contributed by atoms with E-state index in [2.05, 4.69) is 10.2 Å². The zero-order valence-corrected chi connectivity index (χ0v) is 21.4. The lowest BCUT2D eigenvalue weighted by Crippen LogP contribution is -2.49. The molecule has 0 atom stereocenters. The Morgan fingerprint density at radius 1 is 0.744 bits per heavy atom. The van der Waals surface area contributed by atoms with Gasteiger partial charge in [0.25, 0.3) is 0 Å². The van der Waals surface area contributed by atoms with Gasteiger partial charge < -0.3 is 14.4 Å². The molecule has 1 fully saturated rings. The maximum Gasteiger partial charge on any atom is 0.416 e. The third-order valence-corrected chi connectivity index (χ3v) is 7.97. The molecule has 1 aliphatic heterocycles. The monoisotopic (exact) mass is 576 g/mol. The number of sulfonamides is 1. The number of hydrogen-bond donors (Lipinski definition) is 0. The van der Waals surface area contributed by atoms with E-state index in [1.165, 1.54) is 14.2 Å². The number of ether oxygens (including phenoxy) is 2. The Balaban J connectivity index is 1.50. The predicted octanol–water partition coefficient (Wildman–Crippen LogP) is 4.71. The molecule has 0 spiro atoms. The van der Waals surface area contributed by atoms with Crippen LogP contribution in [0.2, 0.25) is 0 Å². The minimum atomic E-state index is -5.16. The molecule has 4 rings (SSSR count). The molecule has 210 valence electrons. The van der Waals surface area contributed by atoms with Crippen LogP contribution in [0.5, 0.6) is 11.5 Å². The first-order chi connectivity index (χ1) is 18.2. The summed E-state index contributed by atoms with van der Waals surface area (Å²) in [6, 6.07) is 8.91. The fraction of sp³-hybridized carbons (Fsp3) is 0.333. The summed E-state index contributed by atoms with van der Waals surface area (Å²) in [6.07, 6.45) is -10.3. The molecule has 2 aromatic carbocycles. The van der Waals surface area contributed by atoms with Gasteiger partial charge in [-0.15, -0.1) is 10.2 Å². The van der Waals surface area contributed by atoms with Gasteiger partial charge in [0.1, 0.15) is 0 Å². The van der Waals surface area contributed by atoms with Gasteiger partial charge in [-0.2, -0.15) is 30.6 Å². The van der Waals surface area contributed by atoms with Crippen LogP contribution in [0, 0.1) is 0 Å². The average molecular weight is 577 g/mol. The highest BCUT2D eigenvalue weighted by Crippen LogP contribution is 2.38. The van der Waals surface area contributed by atoms with Crippen LogP contribution in [0.3, 0.4) is 0 Å². The molecule has 0 amide bonds. The molecule has 0 saturated carbocycles. The highest BCUT2D eigenvalue weighted by molar-refractivity contribution is 7.89. The van der Waals surface area contributed by atoms with Gasteiger partial charge in [0.05, 0.1) is 35.9 Å². The molecule has 0 bridgehead atoms. The summed E-state index contributed by atoms with van der Waals surface area (Å²) >= 11 is 0. The summed E-state index contributed by atoms with van der Waals surface area (Å²) in [5.74, 6) is 1.47. The van der Waals surface area contributed by atoms with E-state index in [0.29, 0.717) is 28.6 Å². The Hall–Kier alpha value is -3.59. The minimum absolute atomic E-state index is 0.0920. The maximum atomic E-state index is 13.2. The van der Waals surface area contributed by atoms with Crippen molar-refractivity contribution in [3.05, 3.63) is 59.7 Å². The summed E-state index contributed by atoms with van der Waals surface area (Å²) in [5, 5.41) is 8.39. The van der Waals surface area contributed by atoms with Crippen molar-refractivity contribution >= 4 is 15.8 Å². The molecule has 0 unspecified atom stereocenters. The molecule has 15 heteroatoms. The number of hydrogen-bond acceptors (Lipinski definition) is 7. The van der Waals surface area contributed by atoms with Gasteiger partial charge in [0.15, 0.2) is 17.3 Å². The number of benzene rings is 2. The minimum Gasteiger partial charge on any atom is -0.493 e. The van der Waals surface area contributed by atoms with Crippen LogP contribution in [0.1, 0.15) is 11.1 Å². The highest BCUT2D eigenvalue weighted by atomic mass is 32.2. The van der Waals surface area contributed by atoms with E-state index in [4.69, 9.17) is 9.47 Å². The van der Waals surface area contributed by atoms with Gasteiger partial charge in [0, 0.05) is 31.7 Å². The summed E-state index contributed by atoms with van der Waals surface area (Å²) in [7, 11) is -1.63. The lowest BCUT2D eigenvalue weighted by Gasteiger charge is -2.34. The Morgan fingerprint density at radius 3 is 1.82 bits per heavy atom. The second kappa shape index (κ2) is 10.5. The predicted molar refractivity (Wildman–Crippen MR) is 128 cm³/mol. The number of alkyl halides is 6. The van der Waals surface area contributed by atoms with Crippen LogP contribution in [0.4, 0.5) is 32.2 Å². The highest BCUT2D eigenvalue weighted by Gasteiger charge is 2.39. The van der Waals surface area contributed by atoms with Gasteiger partial charge in [-0.3, -0.25) is 0 Å². The van der Waals surface area contributed by atoms with E-state index in [1.54, 1.807) is 35.2 Å². The van der Waals surface area contributed by atoms with Gasteiger partial charge >= 0.3 is 12.4 Å². The average Bonchev–Trinajstić information content (AvgIpc) is 2.91. The maximum absolute atomic E-state index is 13.2. The number of anilines is 1.